The first-order valence-electron chi connectivity index (χ1n) is 8.56. The van der Waals surface area contributed by atoms with Crippen molar-refractivity contribution < 1.29 is 14.1 Å². The molecule has 2 aromatic carbocycles. The van der Waals surface area contributed by atoms with Crippen molar-refractivity contribution in [2.24, 2.45) is 4.99 Å². The highest BCUT2D eigenvalue weighted by Crippen LogP contribution is 2.20. The third-order valence-electron chi connectivity index (χ3n) is 4.07. The SMILES string of the molecule is C[C@H](NCc1nonc1C(=NCO)Nc1ccc(F)c(Cl)c1)c1ccccc1. The highest BCUT2D eigenvalue weighted by atomic mass is 35.5. The van der Waals surface area contributed by atoms with E-state index in [9.17, 15) is 9.50 Å². The van der Waals surface area contributed by atoms with Crippen LogP contribution in [0.4, 0.5) is 10.1 Å². The van der Waals surface area contributed by atoms with Gasteiger partial charge in [-0.05, 0) is 35.8 Å². The fraction of sp³-hybridized carbons (Fsp3) is 0.211. The third-order valence-corrected chi connectivity index (χ3v) is 4.36. The van der Waals surface area contributed by atoms with Crippen LogP contribution in [-0.2, 0) is 6.54 Å². The molecule has 9 heteroatoms. The maximum atomic E-state index is 13.4. The van der Waals surface area contributed by atoms with E-state index in [4.69, 9.17) is 16.2 Å². The van der Waals surface area contributed by atoms with E-state index in [2.05, 4.69) is 25.9 Å². The summed E-state index contributed by atoms with van der Waals surface area (Å²) in [7, 11) is 0. The molecule has 0 unspecified atom stereocenters. The van der Waals surface area contributed by atoms with Gasteiger partial charge in [0.15, 0.2) is 11.5 Å². The molecule has 1 heterocycles. The second-order valence-corrected chi connectivity index (χ2v) is 6.38. The van der Waals surface area contributed by atoms with Gasteiger partial charge in [0.25, 0.3) is 0 Å². The number of aliphatic imine (C=N–C) groups is 1. The van der Waals surface area contributed by atoms with Gasteiger partial charge in [-0.1, -0.05) is 47.1 Å². The summed E-state index contributed by atoms with van der Waals surface area (Å²) in [4.78, 5) is 3.99. The number of amidine groups is 1. The van der Waals surface area contributed by atoms with Crippen molar-refractivity contribution in [2.75, 3.05) is 12.0 Å². The summed E-state index contributed by atoms with van der Waals surface area (Å²) in [5.74, 6) is -0.300. The Morgan fingerprint density at radius 1 is 1.25 bits per heavy atom. The molecule has 3 N–H and O–H groups in total. The lowest BCUT2D eigenvalue weighted by Gasteiger charge is -2.14. The zero-order valence-corrected chi connectivity index (χ0v) is 15.8. The molecule has 1 aromatic heterocycles. The van der Waals surface area contributed by atoms with Crippen LogP contribution < -0.4 is 10.6 Å². The van der Waals surface area contributed by atoms with Crippen LogP contribution in [0.2, 0.25) is 5.02 Å². The molecule has 146 valence electrons. The number of nitrogens with zero attached hydrogens (tertiary/aromatic N) is 3. The summed E-state index contributed by atoms with van der Waals surface area (Å²) < 4.78 is 18.2. The first kappa shape index (κ1) is 19.9. The van der Waals surface area contributed by atoms with Gasteiger partial charge in [-0.2, -0.15) is 0 Å². The summed E-state index contributed by atoms with van der Waals surface area (Å²) in [6.07, 6.45) is 0. The Kier molecular flexibility index (Phi) is 6.70. The Labute approximate surface area is 166 Å². The van der Waals surface area contributed by atoms with Crippen molar-refractivity contribution in [2.45, 2.75) is 19.5 Å². The maximum absolute atomic E-state index is 13.4. The molecule has 0 aliphatic heterocycles. The fourth-order valence-electron chi connectivity index (χ4n) is 2.57. The Balaban J connectivity index is 1.75. The Morgan fingerprint density at radius 2 is 2.04 bits per heavy atom. The number of hydrogen-bond donors (Lipinski definition) is 3. The quantitative estimate of drug-likeness (QED) is 0.412. The van der Waals surface area contributed by atoms with E-state index in [1.54, 1.807) is 0 Å². The van der Waals surface area contributed by atoms with Crippen molar-refractivity contribution >= 4 is 23.1 Å². The molecular weight excluding hydrogens is 385 g/mol. The number of rotatable bonds is 7. The molecule has 0 spiro atoms. The highest BCUT2D eigenvalue weighted by molar-refractivity contribution is 6.31. The molecule has 0 bridgehead atoms. The van der Waals surface area contributed by atoms with Crippen LogP contribution >= 0.6 is 11.6 Å². The van der Waals surface area contributed by atoms with Gasteiger partial charge in [-0.25, -0.2) is 14.0 Å². The zero-order chi connectivity index (χ0) is 19.9. The molecule has 0 saturated heterocycles. The van der Waals surface area contributed by atoms with E-state index < -0.39 is 12.5 Å². The van der Waals surface area contributed by atoms with Crippen LogP contribution in [0, 0.1) is 5.82 Å². The lowest BCUT2D eigenvalue weighted by atomic mass is 10.1. The lowest BCUT2D eigenvalue weighted by molar-refractivity contribution is 0.300. The van der Waals surface area contributed by atoms with Crippen LogP contribution in [0.5, 0.6) is 0 Å². The van der Waals surface area contributed by atoms with Crippen LogP contribution in [0.3, 0.4) is 0 Å². The smallest absolute Gasteiger partial charge is 0.174 e. The van der Waals surface area contributed by atoms with Gasteiger partial charge in [0, 0.05) is 18.3 Å². The van der Waals surface area contributed by atoms with Gasteiger partial charge in [-0.15, -0.1) is 0 Å². The number of benzene rings is 2. The molecule has 0 fully saturated rings. The highest BCUT2D eigenvalue weighted by Gasteiger charge is 2.18. The van der Waals surface area contributed by atoms with E-state index in [-0.39, 0.29) is 16.9 Å². The minimum atomic E-state index is -0.532. The average molecular weight is 404 g/mol. The summed E-state index contributed by atoms with van der Waals surface area (Å²) >= 11 is 5.81. The lowest BCUT2D eigenvalue weighted by Crippen LogP contribution is -2.22. The Bertz CT molecular complexity index is 949. The maximum Gasteiger partial charge on any atom is 0.174 e. The van der Waals surface area contributed by atoms with E-state index in [0.29, 0.717) is 23.6 Å². The minimum Gasteiger partial charge on any atom is -0.374 e. The van der Waals surface area contributed by atoms with Crippen molar-refractivity contribution in [1.29, 1.82) is 0 Å². The molecule has 0 aliphatic carbocycles. The second kappa shape index (κ2) is 9.41. The average Bonchev–Trinajstić information content (AvgIpc) is 3.18. The summed E-state index contributed by atoms with van der Waals surface area (Å²) in [5, 5.41) is 23.3. The molecule has 0 amide bonds. The molecule has 0 saturated carbocycles. The molecule has 28 heavy (non-hydrogen) atoms. The number of aliphatic hydroxyl groups is 1. The first-order valence-corrected chi connectivity index (χ1v) is 8.93. The Morgan fingerprint density at radius 3 is 2.75 bits per heavy atom. The number of nitrogens with one attached hydrogen (secondary N) is 2. The van der Waals surface area contributed by atoms with Crippen LogP contribution in [0.25, 0.3) is 0 Å². The summed E-state index contributed by atoms with van der Waals surface area (Å²) in [5.41, 5.74) is 2.46. The van der Waals surface area contributed by atoms with Gasteiger partial charge < -0.3 is 15.7 Å². The van der Waals surface area contributed by atoms with E-state index >= 15 is 0 Å². The molecule has 3 rings (SSSR count). The van der Waals surface area contributed by atoms with Gasteiger partial charge in [0.05, 0.1) is 5.02 Å². The number of halogens is 2. The summed E-state index contributed by atoms with van der Waals surface area (Å²) in [6, 6.07) is 14.2. The molecule has 1 atom stereocenters. The monoisotopic (exact) mass is 403 g/mol. The number of hydrogen-bond acceptors (Lipinski definition) is 6. The molecule has 3 aromatic rings. The van der Waals surface area contributed by atoms with Crippen molar-refractivity contribution in [3.05, 3.63) is 76.3 Å². The fourth-order valence-corrected chi connectivity index (χ4v) is 2.75. The van der Waals surface area contributed by atoms with Crippen molar-refractivity contribution in [1.82, 2.24) is 15.6 Å². The number of aliphatic hydroxyl groups excluding tert-OH is 1. The molecule has 7 nitrogen and oxygen atoms in total. The second-order valence-electron chi connectivity index (χ2n) is 5.97. The first-order chi connectivity index (χ1) is 13.6. The van der Waals surface area contributed by atoms with Crippen LogP contribution in [-0.4, -0.2) is 28.0 Å². The topological polar surface area (TPSA) is 95.6 Å². The van der Waals surface area contributed by atoms with Gasteiger partial charge in [-0.3, -0.25) is 0 Å². The van der Waals surface area contributed by atoms with E-state index in [0.717, 1.165) is 5.56 Å². The largest absolute Gasteiger partial charge is 0.374 e. The predicted molar refractivity (Wildman–Crippen MR) is 105 cm³/mol. The zero-order valence-electron chi connectivity index (χ0n) is 15.1. The molecule has 0 radical (unpaired) electrons. The van der Waals surface area contributed by atoms with Gasteiger partial charge in [0.1, 0.15) is 18.2 Å². The van der Waals surface area contributed by atoms with Crippen LogP contribution in [0.1, 0.15) is 29.9 Å². The third kappa shape index (κ3) is 4.92. The van der Waals surface area contributed by atoms with Crippen LogP contribution in [0.15, 0.2) is 58.2 Å². The number of anilines is 1. The Hall–Kier alpha value is -2.81. The van der Waals surface area contributed by atoms with Gasteiger partial charge >= 0.3 is 0 Å². The molecule has 0 aliphatic rings. The van der Waals surface area contributed by atoms with Crippen molar-refractivity contribution in [3.63, 3.8) is 0 Å². The van der Waals surface area contributed by atoms with E-state index in [1.165, 1.54) is 18.2 Å². The number of aromatic nitrogens is 2. The predicted octanol–water partition coefficient (Wildman–Crippen LogP) is 3.52. The van der Waals surface area contributed by atoms with Gasteiger partial charge in [0.2, 0.25) is 0 Å². The molecular formula is C19H19ClFN5O2. The summed E-state index contributed by atoms with van der Waals surface area (Å²) in [6.45, 7) is 1.92. The standard InChI is InChI=1S/C19H19ClFN5O2/c1-12(13-5-3-2-4-6-13)22-10-17-18(26-28-25-17)19(23-11-27)24-14-7-8-16(21)15(20)9-14/h2-9,12,22,27H,10-11H2,1H3,(H,23,24)/t12-/m0/s1. The van der Waals surface area contributed by atoms with E-state index in [1.807, 2.05) is 37.3 Å². The minimum absolute atomic E-state index is 0.0368. The van der Waals surface area contributed by atoms with Crippen molar-refractivity contribution in [3.8, 4) is 0 Å². The normalized spacial score (nSPS) is 12.8.